The van der Waals surface area contributed by atoms with Gasteiger partial charge >= 0.3 is 0 Å². The fourth-order valence-electron chi connectivity index (χ4n) is 4.04. The highest BCUT2D eigenvalue weighted by molar-refractivity contribution is 5.42. The number of hydrogen-bond donors (Lipinski definition) is 1. The normalized spacial score (nSPS) is 32.7. The van der Waals surface area contributed by atoms with Crippen molar-refractivity contribution in [2.24, 2.45) is 11.7 Å². The Hall–Kier alpha value is -1.10. The average Bonchev–Trinajstić information content (AvgIpc) is 2.99. The van der Waals surface area contributed by atoms with Crippen molar-refractivity contribution in [1.82, 2.24) is 9.80 Å². The molecule has 2 aliphatic rings. The van der Waals surface area contributed by atoms with Crippen molar-refractivity contribution in [1.29, 1.82) is 0 Å². The maximum Gasteiger partial charge on any atom is 0.119 e. The molecule has 3 rings (SSSR count). The molecule has 0 spiro atoms. The van der Waals surface area contributed by atoms with E-state index < -0.39 is 0 Å². The number of nitrogens with two attached hydrogens (primary N) is 1. The average molecular weight is 289 g/mol. The van der Waals surface area contributed by atoms with Gasteiger partial charge in [0.05, 0.1) is 7.11 Å². The number of rotatable bonds is 3. The zero-order valence-electron chi connectivity index (χ0n) is 13.5. The summed E-state index contributed by atoms with van der Waals surface area (Å²) in [6.45, 7) is 4.62. The van der Waals surface area contributed by atoms with Crippen molar-refractivity contribution in [3.05, 3.63) is 29.3 Å². The molecule has 1 aromatic carbocycles. The van der Waals surface area contributed by atoms with Crippen LogP contribution in [-0.2, 0) is 6.42 Å². The molecule has 1 aliphatic carbocycles. The Bertz CT molecular complexity index is 517. The van der Waals surface area contributed by atoms with Gasteiger partial charge in [0.25, 0.3) is 0 Å². The van der Waals surface area contributed by atoms with Gasteiger partial charge in [-0.25, -0.2) is 0 Å². The predicted molar refractivity (Wildman–Crippen MR) is 85.6 cm³/mol. The van der Waals surface area contributed by atoms with Gasteiger partial charge in [0.15, 0.2) is 0 Å². The van der Waals surface area contributed by atoms with Crippen LogP contribution in [0.5, 0.6) is 5.75 Å². The lowest BCUT2D eigenvalue weighted by atomic mass is 10.1. The van der Waals surface area contributed by atoms with Crippen LogP contribution in [0.25, 0.3) is 0 Å². The molecule has 4 heteroatoms. The van der Waals surface area contributed by atoms with Crippen molar-refractivity contribution in [2.75, 3.05) is 34.3 Å². The van der Waals surface area contributed by atoms with Gasteiger partial charge in [0.1, 0.15) is 5.75 Å². The zero-order chi connectivity index (χ0) is 15.1. The maximum absolute atomic E-state index is 6.55. The summed E-state index contributed by atoms with van der Waals surface area (Å²) in [6, 6.07) is 7.50. The maximum atomic E-state index is 6.55. The number of likely N-dealkylation sites (N-methyl/N-ethyl adjacent to an activating group) is 1. The molecular weight excluding hydrogens is 262 g/mol. The molecule has 4 unspecified atom stereocenters. The smallest absolute Gasteiger partial charge is 0.119 e. The fraction of sp³-hybridized carbons (Fsp3) is 0.647. The van der Waals surface area contributed by atoms with Crippen LogP contribution < -0.4 is 10.5 Å². The van der Waals surface area contributed by atoms with Crippen molar-refractivity contribution < 1.29 is 4.74 Å². The second-order valence-corrected chi connectivity index (χ2v) is 6.82. The second kappa shape index (κ2) is 5.59. The summed E-state index contributed by atoms with van der Waals surface area (Å²) in [4.78, 5) is 4.94. The Labute approximate surface area is 127 Å². The first kappa shape index (κ1) is 14.8. The van der Waals surface area contributed by atoms with Gasteiger partial charge in [-0.1, -0.05) is 13.0 Å². The minimum absolute atomic E-state index is 0.100. The van der Waals surface area contributed by atoms with E-state index in [0.717, 1.165) is 25.3 Å². The van der Waals surface area contributed by atoms with E-state index in [1.165, 1.54) is 11.1 Å². The van der Waals surface area contributed by atoms with Gasteiger partial charge in [-0.3, -0.25) is 4.90 Å². The van der Waals surface area contributed by atoms with E-state index in [-0.39, 0.29) is 6.04 Å². The Balaban J connectivity index is 1.77. The van der Waals surface area contributed by atoms with Gasteiger partial charge in [-0.05, 0) is 49.7 Å². The Morgan fingerprint density at radius 2 is 2.05 bits per heavy atom. The number of methoxy groups -OCH3 is 1. The quantitative estimate of drug-likeness (QED) is 0.916. The molecule has 0 radical (unpaired) electrons. The van der Waals surface area contributed by atoms with Crippen LogP contribution >= 0.6 is 0 Å². The highest BCUT2D eigenvalue weighted by atomic mass is 16.5. The summed E-state index contributed by atoms with van der Waals surface area (Å²) < 4.78 is 5.34. The summed E-state index contributed by atoms with van der Waals surface area (Å²) in [5.74, 6) is 1.61. The Morgan fingerprint density at radius 1 is 1.29 bits per heavy atom. The summed E-state index contributed by atoms with van der Waals surface area (Å²) in [5.41, 5.74) is 9.20. The molecule has 0 bridgehead atoms. The Morgan fingerprint density at radius 3 is 2.67 bits per heavy atom. The first-order chi connectivity index (χ1) is 10.0. The first-order valence-electron chi connectivity index (χ1n) is 7.84. The Kier molecular flexibility index (Phi) is 3.95. The number of likely N-dealkylation sites (tertiary alicyclic amines) is 1. The molecule has 116 valence electrons. The van der Waals surface area contributed by atoms with E-state index in [9.17, 15) is 0 Å². The van der Waals surface area contributed by atoms with E-state index >= 15 is 0 Å². The molecule has 4 atom stereocenters. The third-order valence-electron chi connectivity index (χ3n) is 5.29. The van der Waals surface area contributed by atoms with Crippen LogP contribution in [0.15, 0.2) is 18.2 Å². The lowest BCUT2D eigenvalue weighted by Crippen LogP contribution is -2.41. The molecule has 1 saturated heterocycles. The summed E-state index contributed by atoms with van der Waals surface area (Å²) in [6.07, 6.45) is 1.06. The lowest BCUT2D eigenvalue weighted by Gasteiger charge is -2.28. The molecule has 4 nitrogen and oxygen atoms in total. The number of nitrogens with zero attached hydrogens (tertiary/aromatic N) is 2. The molecule has 1 aromatic rings. The van der Waals surface area contributed by atoms with Crippen molar-refractivity contribution in [3.63, 3.8) is 0 Å². The zero-order valence-corrected chi connectivity index (χ0v) is 13.5. The van der Waals surface area contributed by atoms with E-state index in [0.29, 0.717) is 18.0 Å². The second-order valence-electron chi connectivity index (χ2n) is 6.82. The van der Waals surface area contributed by atoms with E-state index in [1.807, 2.05) is 6.07 Å². The summed E-state index contributed by atoms with van der Waals surface area (Å²) >= 11 is 0. The minimum atomic E-state index is 0.100. The number of hydrogen-bond acceptors (Lipinski definition) is 4. The van der Waals surface area contributed by atoms with E-state index in [1.54, 1.807) is 7.11 Å². The number of ether oxygens (including phenoxy) is 1. The van der Waals surface area contributed by atoms with Crippen LogP contribution in [0.3, 0.4) is 0 Å². The molecule has 0 amide bonds. The van der Waals surface area contributed by atoms with Crippen LogP contribution in [0.1, 0.15) is 24.1 Å². The topological polar surface area (TPSA) is 41.7 Å². The summed E-state index contributed by atoms with van der Waals surface area (Å²) in [7, 11) is 6.07. The third kappa shape index (κ3) is 2.56. The van der Waals surface area contributed by atoms with Gasteiger partial charge in [-0.15, -0.1) is 0 Å². The fourth-order valence-corrected chi connectivity index (χ4v) is 4.04. The van der Waals surface area contributed by atoms with Gasteiger partial charge in [0, 0.05) is 31.2 Å². The molecule has 0 saturated carbocycles. The summed E-state index contributed by atoms with van der Waals surface area (Å²) in [5, 5.41) is 0. The largest absolute Gasteiger partial charge is 0.497 e. The molecule has 1 aliphatic heterocycles. The minimum Gasteiger partial charge on any atom is -0.497 e. The first-order valence-corrected chi connectivity index (χ1v) is 7.84. The van der Waals surface area contributed by atoms with Crippen LogP contribution in [-0.4, -0.2) is 56.2 Å². The van der Waals surface area contributed by atoms with Gasteiger partial charge < -0.3 is 15.4 Å². The standard InChI is InChI=1S/C17H27N3O/c1-11-9-20(10-16(11)19(2)3)15-7-12-5-6-13(21-4)8-14(12)17(15)18/h5-6,8,11,15-17H,7,9-10,18H2,1-4H3. The lowest BCUT2D eigenvalue weighted by molar-refractivity contribution is 0.200. The molecule has 2 N–H and O–H groups in total. The number of benzene rings is 1. The van der Waals surface area contributed by atoms with Gasteiger partial charge in [-0.2, -0.15) is 0 Å². The van der Waals surface area contributed by atoms with Crippen molar-refractivity contribution in [2.45, 2.75) is 31.5 Å². The molecule has 1 fully saturated rings. The number of fused-ring (bicyclic) bond motifs is 1. The monoisotopic (exact) mass is 289 g/mol. The van der Waals surface area contributed by atoms with Crippen LogP contribution in [0.4, 0.5) is 0 Å². The third-order valence-corrected chi connectivity index (χ3v) is 5.29. The van der Waals surface area contributed by atoms with Crippen LogP contribution in [0, 0.1) is 5.92 Å². The molecule has 0 aromatic heterocycles. The highest BCUT2D eigenvalue weighted by Crippen LogP contribution is 2.37. The predicted octanol–water partition coefficient (Wildman–Crippen LogP) is 1.50. The molecule has 21 heavy (non-hydrogen) atoms. The molecular formula is C17H27N3O. The van der Waals surface area contributed by atoms with Crippen molar-refractivity contribution in [3.8, 4) is 5.75 Å². The van der Waals surface area contributed by atoms with Crippen molar-refractivity contribution >= 4 is 0 Å². The highest BCUT2D eigenvalue weighted by Gasteiger charge is 2.40. The van der Waals surface area contributed by atoms with Crippen LogP contribution in [0.2, 0.25) is 0 Å². The SMILES string of the molecule is COc1ccc2c(c1)C(N)C(N1CC(C)C(N(C)C)C1)C2. The van der Waals surface area contributed by atoms with Gasteiger partial charge in [0.2, 0.25) is 0 Å². The van der Waals surface area contributed by atoms with E-state index in [4.69, 9.17) is 10.5 Å². The molecule has 1 heterocycles. The van der Waals surface area contributed by atoms with E-state index in [2.05, 4.69) is 43.0 Å².